The molecule has 0 aliphatic carbocycles. The van der Waals surface area contributed by atoms with Crippen LogP contribution in [0.5, 0.6) is 0 Å². The van der Waals surface area contributed by atoms with Gasteiger partial charge < -0.3 is 20.9 Å². The number of aliphatic carboxylic acids is 1. The number of carboxylic acids is 1. The van der Waals surface area contributed by atoms with E-state index in [1.165, 1.54) is 13.8 Å². The molecule has 0 radical (unpaired) electrons. The normalized spacial score (nSPS) is 11.5. The molecule has 10 nitrogen and oxygen atoms in total. The molecule has 0 heterocycles. The highest BCUT2D eigenvalue weighted by Gasteiger charge is 2.38. The lowest BCUT2D eigenvalue weighted by Crippen LogP contribution is -2.58. The van der Waals surface area contributed by atoms with E-state index >= 15 is 0 Å². The summed E-state index contributed by atoms with van der Waals surface area (Å²) in [7, 11) is 0. The van der Waals surface area contributed by atoms with Gasteiger partial charge in [-0.05, 0) is 54.0 Å². The topological polar surface area (TPSA) is 160 Å². The number of nitrogens with one attached hydrogen (secondary N) is 3. The van der Waals surface area contributed by atoms with Crippen LogP contribution in [0.25, 0.3) is 0 Å². The molecule has 3 amide bonds. The number of unbranched alkanes of at least 4 members (excludes halogenated alkanes) is 2. The Bertz CT molecular complexity index is 589. The molecule has 0 fully saturated rings. The Balaban J connectivity index is 0. The van der Waals surface area contributed by atoms with Gasteiger partial charge in [-0.3, -0.25) is 20.4 Å². The van der Waals surface area contributed by atoms with Crippen molar-refractivity contribution < 1.29 is 42.2 Å². The lowest BCUT2D eigenvalue weighted by molar-refractivity contribution is -0.192. The molecule has 0 rings (SSSR count). The van der Waals surface area contributed by atoms with Crippen LogP contribution in [0.15, 0.2) is 0 Å². The number of hydrazine groups is 1. The summed E-state index contributed by atoms with van der Waals surface area (Å²) in [6.07, 6.45) is -3.04. The largest absolute Gasteiger partial charge is 0.490 e. The number of hydrogen-bond acceptors (Lipinski definition) is 6. The van der Waals surface area contributed by atoms with Gasteiger partial charge in [0, 0.05) is 6.42 Å². The molecular formula is C17H31F3N4O6. The number of carboxylic acid groups (broad SMARTS) is 1. The van der Waals surface area contributed by atoms with Crippen LogP contribution in [0.1, 0.15) is 60.3 Å². The van der Waals surface area contributed by atoms with Crippen molar-refractivity contribution >= 4 is 23.9 Å². The number of hydrogen-bond donors (Lipinski definition) is 5. The van der Waals surface area contributed by atoms with Crippen LogP contribution in [0.2, 0.25) is 0 Å². The van der Waals surface area contributed by atoms with Crippen LogP contribution in [0.3, 0.4) is 0 Å². The minimum atomic E-state index is -5.08. The van der Waals surface area contributed by atoms with Gasteiger partial charge >= 0.3 is 18.2 Å². The molecule has 0 aliphatic rings. The van der Waals surface area contributed by atoms with E-state index in [1.54, 1.807) is 20.8 Å². The Hall–Kier alpha value is -2.57. The standard InChI is InChI=1S/C15H30N4O4.C2HF3O2/c1-14(2,3)23-13(22)17-15(4,5)12(21)19-18-11(20)9-7-6-8-10-16;3-2(4,5)1(6)7/h6-10,16H2,1-5H3,(H,17,22)(H,18,20)(H,19,21);(H,6,7). The van der Waals surface area contributed by atoms with Gasteiger partial charge in [-0.1, -0.05) is 6.42 Å². The fourth-order valence-corrected chi connectivity index (χ4v) is 1.57. The third-order valence-corrected chi connectivity index (χ3v) is 3.05. The van der Waals surface area contributed by atoms with Gasteiger partial charge in [0.25, 0.3) is 5.91 Å². The molecular weight excluding hydrogens is 413 g/mol. The van der Waals surface area contributed by atoms with Crippen LogP contribution in [-0.2, 0) is 19.1 Å². The van der Waals surface area contributed by atoms with E-state index in [4.69, 9.17) is 20.4 Å². The number of nitrogens with two attached hydrogens (primary N) is 1. The molecule has 0 aliphatic heterocycles. The number of carbonyl (C=O) groups is 4. The smallest absolute Gasteiger partial charge is 0.475 e. The predicted molar refractivity (Wildman–Crippen MR) is 101 cm³/mol. The Morgan fingerprint density at radius 1 is 0.933 bits per heavy atom. The van der Waals surface area contributed by atoms with Gasteiger partial charge in [0.1, 0.15) is 11.1 Å². The molecule has 0 saturated heterocycles. The van der Waals surface area contributed by atoms with Crippen LogP contribution >= 0.6 is 0 Å². The summed E-state index contributed by atoms with van der Waals surface area (Å²) in [6.45, 7) is 8.81. The van der Waals surface area contributed by atoms with E-state index < -0.39 is 35.3 Å². The van der Waals surface area contributed by atoms with Gasteiger partial charge in [-0.2, -0.15) is 13.2 Å². The molecule has 0 bridgehead atoms. The summed E-state index contributed by atoms with van der Waals surface area (Å²) in [5.41, 5.74) is 8.11. The molecule has 0 aromatic heterocycles. The van der Waals surface area contributed by atoms with Gasteiger partial charge in [0.05, 0.1) is 0 Å². The Morgan fingerprint density at radius 3 is 1.83 bits per heavy atom. The van der Waals surface area contributed by atoms with E-state index in [0.29, 0.717) is 19.4 Å². The SMILES string of the molecule is CC(C)(C)OC(=O)NC(C)(C)C(=O)NNC(=O)CCCCCN.O=C(O)C(F)(F)F. The summed E-state index contributed by atoms with van der Waals surface area (Å²) in [5, 5.41) is 9.58. The van der Waals surface area contributed by atoms with Crippen LogP contribution in [-0.4, -0.2) is 52.8 Å². The number of amides is 3. The van der Waals surface area contributed by atoms with E-state index in [0.717, 1.165) is 12.8 Å². The lowest BCUT2D eigenvalue weighted by atomic mass is 10.1. The highest BCUT2D eigenvalue weighted by molar-refractivity contribution is 5.90. The van der Waals surface area contributed by atoms with Crippen molar-refractivity contribution in [3.8, 4) is 0 Å². The van der Waals surface area contributed by atoms with E-state index in [1.807, 2.05) is 0 Å². The van der Waals surface area contributed by atoms with Crippen LogP contribution < -0.4 is 21.9 Å². The van der Waals surface area contributed by atoms with Crippen molar-refractivity contribution in [1.82, 2.24) is 16.2 Å². The molecule has 0 spiro atoms. The van der Waals surface area contributed by atoms with Crippen molar-refractivity contribution in [2.45, 2.75) is 77.6 Å². The summed E-state index contributed by atoms with van der Waals surface area (Å²) in [5.74, 6) is -3.59. The molecule has 0 unspecified atom stereocenters. The van der Waals surface area contributed by atoms with Gasteiger partial charge in [0.15, 0.2) is 0 Å². The number of rotatable bonds is 7. The summed E-state index contributed by atoms with van der Waals surface area (Å²) in [4.78, 5) is 44.2. The van der Waals surface area contributed by atoms with Crippen molar-refractivity contribution in [2.75, 3.05) is 6.54 Å². The monoisotopic (exact) mass is 444 g/mol. The fraction of sp³-hybridized carbons (Fsp3) is 0.765. The third-order valence-electron chi connectivity index (χ3n) is 3.05. The lowest BCUT2D eigenvalue weighted by Gasteiger charge is -2.27. The molecule has 0 atom stereocenters. The quantitative estimate of drug-likeness (QED) is 0.294. The zero-order chi connectivity index (χ0) is 24.2. The summed E-state index contributed by atoms with van der Waals surface area (Å²) in [6, 6.07) is 0. The maximum Gasteiger partial charge on any atom is 0.490 e. The third kappa shape index (κ3) is 16.4. The van der Waals surface area contributed by atoms with Gasteiger partial charge in [0.2, 0.25) is 5.91 Å². The fourth-order valence-electron chi connectivity index (χ4n) is 1.57. The minimum absolute atomic E-state index is 0.288. The highest BCUT2D eigenvalue weighted by atomic mass is 19.4. The van der Waals surface area contributed by atoms with Crippen LogP contribution in [0, 0.1) is 0 Å². The highest BCUT2D eigenvalue weighted by Crippen LogP contribution is 2.13. The van der Waals surface area contributed by atoms with E-state index in [2.05, 4.69) is 16.2 Å². The first-order valence-electron chi connectivity index (χ1n) is 9.03. The van der Waals surface area contributed by atoms with Crippen molar-refractivity contribution in [3.63, 3.8) is 0 Å². The van der Waals surface area contributed by atoms with Gasteiger partial charge in [-0.15, -0.1) is 0 Å². The van der Waals surface area contributed by atoms with Crippen molar-refractivity contribution in [2.24, 2.45) is 5.73 Å². The number of halogens is 3. The molecule has 30 heavy (non-hydrogen) atoms. The molecule has 13 heteroatoms. The summed E-state index contributed by atoms with van der Waals surface area (Å²) < 4.78 is 36.8. The first-order valence-corrected chi connectivity index (χ1v) is 9.03. The second kappa shape index (κ2) is 12.9. The van der Waals surface area contributed by atoms with Crippen molar-refractivity contribution in [1.29, 1.82) is 0 Å². The van der Waals surface area contributed by atoms with E-state index in [9.17, 15) is 27.6 Å². The number of carbonyl (C=O) groups excluding carboxylic acids is 3. The molecule has 0 aromatic carbocycles. The number of alkyl halides is 3. The second-order valence-electron chi connectivity index (χ2n) is 7.66. The minimum Gasteiger partial charge on any atom is -0.475 e. The molecule has 0 saturated carbocycles. The Morgan fingerprint density at radius 2 is 1.43 bits per heavy atom. The maximum absolute atomic E-state index is 12.0. The maximum atomic E-state index is 12.0. The number of alkyl carbamates (subject to hydrolysis) is 1. The van der Waals surface area contributed by atoms with Gasteiger partial charge in [-0.25, -0.2) is 9.59 Å². The van der Waals surface area contributed by atoms with Crippen molar-refractivity contribution in [3.05, 3.63) is 0 Å². The first kappa shape index (κ1) is 29.6. The average molecular weight is 444 g/mol. The average Bonchev–Trinajstić information content (AvgIpc) is 2.53. The number of ether oxygens (including phenoxy) is 1. The molecule has 6 N–H and O–H groups in total. The zero-order valence-electron chi connectivity index (χ0n) is 17.7. The Kier molecular flexibility index (Phi) is 12.7. The molecule has 0 aromatic rings. The second-order valence-corrected chi connectivity index (χ2v) is 7.66. The Labute approximate surface area is 173 Å². The first-order chi connectivity index (χ1) is 13.4. The van der Waals surface area contributed by atoms with E-state index in [-0.39, 0.29) is 5.91 Å². The zero-order valence-corrected chi connectivity index (χ0v) is 17.7. The van der Waals surface area contributed by atoms with Crippen LogP contribution in [0.4, 0.5) is 18.0 Å². The molecule has 176 valence electrons. The summed E-state index contributed by atoms with van der Waals surface area (Å²) >= 11 is 0. The predicted octanol–water partition coefficient (Wildman–Crippen LogP) is 1.59.